The zero-order valence-corrected chi connectivity index (χ0v) is 18.3. The fourth-order valence-corrected chi connectivity index (χ4v) is 6.85. The predicted octanol–water partition coefficient (Wildman–Crippen LogP) is 3.22. The number of aromatic nitrogens is 1. The third kappa shape index (κ3) is 3.83. The van der Waals surface area contributed by atoms with Gasteiger partial charge in [0.15, 0.2) is 5.76 Å². The van der Waals surface area contributed by atoms with Gasteiger partial charge in [-0.25, -0.2) is 8.42 Å². The Labute approximate surface area is 175 Å². The number of para-hydroxylation sites is 1. The van der Waals surface area contributed by atoms with Crippen LogP contribution in [0.5, 0.6) is 0 Å². The lowest BCUT2D eigenvalue weighted by Gasteiger charge is -2.33. The molecule has 1 aromatic carbocycles. The zero-order valence-electron chi connectivity index (χ0n) is 16.6. The highest BCUT2D eigenvalue weighted by molar-refractivity contribution is 7.99. The number of sulfonamides is 1. The molecule has 0 bridgehead atoms. The summed E-state index contributed by atoms with van der Waals surface area (Å²) in [5.74, 6) is 1.24. The van der Waals surface area contributed by atoms with Gasteiger partial charge in [-0.2, -0.15) is 4.31 Å². The van der Waals surface area contributed by atoms with E-state index in [-0.39, 0.29) is 16.7 Å². The van der Waals surface area contributed by atoms with Crippen molar-refractivity contribution in [3.63, 3.8) is 0 Å². The van der Waals surface area contributed by atoms with E-state index in [1.807, 2.05) is 23.1 Å². The fourth-order valence-electron chi connectivity index (χ4n) is 4.09. The average molecular weight is 436 g/mol. The number of hydrogen-bond acceptors (Lipinski definition) is 6. The molecule has 9 heteroatoms. The Morgan fingerprint density at radius 3 is 2.59 bits per heavy atom. The maximum Gasteiger partial charge on any atom is 0.248 e. The average Bonchev–Trinajstić information content (AvgIpc) is 2.94. The van der Waals surface area contributed by atoms with Gasteiger partial charge in [-0.1, -0.05) is 17.3 Å². The van der Waals surface area contributed by atoms with Crippen LogP contribution in [0.3, 0.4) is 0 Å². The first-order valence-electron chi connectivity index (χ1n) is 9.86. The van der Waals surface area contributed by atoms with E-state index in [9.17, 15) is 13.2 Å². The zero-order chi connectivity index (χ0) is 20.6. The summed E-state index contributed by atoms with van der Waals surface area (Å²) in [6.45, 7) is 4.60. The molecule has 1 aromatic heterocycles. The van der Waals surface area contributed by atoms with Gasteiger partial charge in [0.1, 0.15) is 10.6 Å². The summed E-state index contributed by atoms with van der Waals surface area (Å²) in [5.41, 5.74) is 1.35. The molecule has 0 atom stereocenters. The predicted molar refractivity (Wildman–Crippen MR) is 112 cm³/mol. The minimum Gasteiger partial charge on any atom is -0.360 e. The molecule has 3 heterocycles. The summed E-state index contributed by atoms with van der Waals surface area (Å²) in [6.07, 6.45) is 1.99. The van der Waals surface area contributed by atoms with Crippen LogP contribution >= 0.6 is 11.8 Å². The first-order chi connectivity index (χ1) is 13.9. The summed E-state index contributed by atoms with van der Waals surface area (Å²) in [6, 6.07) is 8.02. The van der Waals surface area contributed by atoms with Crippen molar-refractivity contribution in [3.8, 4) is 0 Å². The Bertz CT molecular complexity index is 991. The molecule has 0 N–H and O–H groups in total. The Morgan fingerprint density at radius 2 is 1.90 bits per heavy atom. The van der Waals surface area contributed by atoms with Gasteiger partial charge in [-0.3, -0.25) is 4.79 Å². The number of anilines is 1. The number of hydrogen-bond donors (Lipinski definition) is 0. The van der Waals surface area contributed by atoms with Gasteiger partial charge in [-0.15, -0.1) is 11.8 Å². The molecule has 156 valence electrons. The van der Waals surface area contributed by atoms with Gasteiger partial charge in [0.2, 0.25) is 15.9 Å². The van der Waals surface area contributed by atoms with E-state index < -0.39 is 10.0 Å². The minimum atomic E-state index is -3.66. The van der Waals surface area contributed by atoms with Gasteiger partial charge in [0.25, 0.3) is 0 Å². The summed E-state index contributed by atoms with van der Waals surface area (Å²) >= 11 is 1.79. The number of benzene rings is 1. The lowest BCUT2D eigenvalue weighted by atomic mass is 9.96. The van der Waals surface area contributed by atoms with Crippen molar-refractivity contribution in [2.24, 2.45) is 5.92 Å². The number of piperidine rings is 1. The molecule has 2 aliphatic rings. The van der Waals surface area contributed by atoms with Crippen LogP contribution in [-0.4, -0.2) is 49.2 Å². The number of carbonyl (C=O) groups is 1. The Morgan fingerprint density at radius 1 is 1.17 bits per heavy atom. The van der Waals surface area contributed by atoms with Crippen molar-refractivity contribution >= 4 is 33.4 Å². The van der Waals surface area contributed by atoms with Gasteiger partial charge in [-0.05, 0) is 51.0 Å². The standard InChI is InChI=1S/C20H25N3O4S2/c1-14-19(15(2)27-21-14)29(25,26)22-11-8-16(9-12-22)20(24)23-10-5-13-28-18-7-4-3-6-17(18)23/h3-4,6-7,16H,5,8-13H2,1-2H3. The van der Waals surface area contributed by atoms with E-state index in [4.69, 9.17) is 4.52 Å². The van der Waals surface area contributed by atoms with E-state index in [1.165, 1.54) is 4.31 Å². The van der Waals surface area contributed by atoms with Crippen LogP contribution < -0.4 is 4.90 Å². The van der Waals surface area contributed by atoms with Crippen LogP contribution in [0.2, 0.25) is 0 Å². The minimum absolute atomic E-state index is 0.106. The molecular formula is C20H25N3O4S2. The molecule has 1 saturated heterocycles. The molecule has 0 saturated carbocycles. The SMILES string of the molecule is Cc1noc(C)c1S(=O)(=O)N1CCC(C(=O)N2CCCSc3ccccc32)CC1. The van der Waals surface area contributed by atoms with Crippen molar-refractivity contribution in [1.29, 1.82) is 0 Å². The molecule has 2 aromatic rings. The highest BCUT2D eigenvalue weighted by atomic mass is 32.2. The lowest BCUT2D eigenvalue weighted by molar-refractivity contribution is -0.123. The molecule has 29 heavy (non-hydrogen) atoms. The normalized spacial score (nSPS) is 19.0. The van der Waals surface area contributed by atoms with E-state index >= 15 is 0 Å². The maximum atomic E-state index is 13.3. The first kappa shape index (κ1) is 20.4. The second-order valence-electron chi connectivity index (χ2n) is 7.49. The Balaban J connectivity index is 1.48. The third-order valence-electron chi connectivity index (χ3n) is 5.57. The van der Waals surface area contributed by atoms with Gasteiger partial charge >= 0.3 is 0 Å². The third-order valence-corrected chi connectivity index (χ3v) is 8.87. The maximum absolute atomic E-state index is 13.3. The number of nitrogens with zero attached hydrogens (tertiary/aromatic N) is 3. The van der Waals surface area contributed by atoms with Crippen LogP contribution in [0.4, 0.5) is 5.69 Å². The molecule has 0 aliphatic carbocycles. The van der Waals surface area contributed by atoms with Crippen LogP contribution in [0.25, 0.3) is 0 Å². The number of amides is 1. The number of thioether (sulfide) groups is 1. The van der Waals surface area contributed by atoms with Gasteiger partial charge in [0, 0.05) is 30.4 Å². The Hall–Kier alpha value is -1.84. The number of rotatable bonds is 3. The molecule has 0 radical (unpaired) electrons. The van der Waals surface area contributed by atoms with Crippen molar-refractivity contribution in [2.45, 2.75) is 42.9 Å². The topological polar surface area (TPSA) is 83.7 Å². The number of carbonyl (C=O) groups excluding carboxylic acids is 1. The molecule has 7 nitrogen and oxygen atoms in total. The quantitative estimate of drug-likeness (QED) is 0.736. The molecule has 4 rings (SSSR count). The van der Waals surface area contributed by atoms with Crippen molar-refractivity contribution in [3.05, 3.63) is 35.7 Å². The van der Waals surface area contributed by atoms with Crippen LogP contribution in [0.1, 0.15) is 30.7 Å². The molecule has 1 amide bonds. The number of aryl methyl sites for hydroxylation is 2. The van der Waals surface area contributed by atoms with E-state index in [0.29, 0.717) is 43.9 Å². The fraction of sp³-hybridized carbons (Fsp3) is 0.500. The molecule has 0 unspecified atom stereocenters. The largest absolute Gasteiger partial charge is 0.360 e. The molecule has 0 spiro atoms. The number of fused-ring (bicyclic) bond motifs is 1. The van der Waals surface area contributed by atoms with E-state index in [2.05, 4.69) is 11.2 Å². The highest BCUT2D eigenvalue weighted by Gasteiger charge is 2.37. The van der Waals surface area contributed by atoms with Crippen molar-refractivity contribution in [2.75, 3.05) is 30.3 Å². The van der Waals surface area contributed by atoms with Crippen molar-refractivity contribution < 1.29 is 17.7 Å². The summed E-state index contributed by atoms with van der Waals surface area (Å²) < 4.78 is 32.5. The molecule has 1 fully saturated rings. The molecule has 2 aliphatic heterocycles. The monoisotopic (exact) mass is 435 g/mol. The second kappa shape index (κ2) is 8.12. The summed E-state index contributed by atoms with van der Waals surface area (Å²) in [7, 11) is -3.66. The summed E-state index contributed by atoms with van der Waals surface area (Å²) in [4.78, 5) is 16.5. The van der Waals surface area contributed by atoms with E-state index in [1.54, 1.807) is 25.6 Å². The van der Waals surface area contributed by atoms with Crippen molar-refractivity contribution in [1.82, 2.24) is 9.46 Å². The highest BCUT2D eigenvalue weighted by Crippen LogP contribution is 2.36. The molecular weight excluding hydrogens is 410 g/mol. The van der Waals surface area contributed by atoms with Gasteiger partial charge in [0.05, 0.1) is 5.69 Å². The van der Waals surface area contributed by atoms with E-state index in [0.717, 1.165) is 22.8 Å². The first-order valence-corrected chi connectivity index (χ1v) is 12.3. The Kier molecular flexibility index (Phi) is 5.72. The van der Waals surface area contributed by atoms with Crippen LogP contribution in [0.15, 0.2) is 38.6 Å². The summed E-state index contributed by atoms with van der Waals surface area (Å²) in [5, 5.41) is 3.77. The smallest absolute Gasteiger partial charge is 0.248 e. The van der Waals surface area contributed by atoms with Crippen LogP contribution in [-0.2, 0) is 14.8 Å². The lowest BCUT2D eigenvalue weighted by Crippen LogP contribution is -2.45. The van der Waals surface area contributed by atoms with Gasteiger partial charge < -0.3 is 9.42 Å². The van der Waals surface area contributed by atoms with Crippen LogP contribution in [0, 0.1) is 19.8 Å². The second-order valence-corrected chi connectivity index (χ2v) is 10.5.